The van der Waals surface area contributed by atoms with Crippen LogP contribution in [-0.4, -0.2) is 21.3 Å². The molecule has 0 radical (unpaired) electrons. The highest BCUT2D eigenvalue weighted by Gasteiger charge is 2.17. The molecular formula is C27H20F2N4O2. The summed E-state index contributed by atoms with van der Waals surface area (Å²) in [7, 11) is 0. The van der Waals surface area contributed by atoms with Crippen LogP contribution in [0, 0.1) is 11.6 Å². The van der Waals surface area contributed by atoms with Crippen molar-refractivity contribution in [3.05, 3.63) is 113 Å². The third-order valence-electron chi connectivity index (χ3n) is 5.54. The standard InChI is InChI=1S/C27H20F2N4O2/c28-23-12-8-19(21-11-13-24-26(25(21)29)32-33-31-24)14-22(23)27(34)30-20-9-6-18(7-10-20)16-35-15-17-4-2-1-3-5-17/h1-14H,15-16H2,(H,30,34)(H,31,32,33). The number of ether oxygens (including phenoxy) is 1. The number of nitrogens with zero attached hydrogens (tertiary/aromatic N) is 2. The maximum atomic E-state index is 14.9. The summed E-state index contributed by atoms with van der Waals surface area (Å²) in [6.45, 7) is 0.917. The lowest BCUT2D eigenvalue weighted by molar-refractivity contribution is 0.102. The molecule has 1 heterocycles. The molecule has 0 aliphatic heterocycles. The molecule has 35 heavy (non-hydrogen) atoms. The number of benzene rings is 4. The van der Waals surface area contributed by atoms with Gasteiger partial charge in [0.05, 0.1) is 18.8 Å². The Balaban J connectivity index is 1.27. The van der Waals surface area contributed by atoms with Crippen LogP contribution in [-0.2, 0) is 18.0 Å². The number of halogens is 2. The minimum absolute atomic E-state index is 0.0747. The smallest absolute Gasteiger partial charge is 0.258 e. The van der Waals surface area contributed by atoms with E-state index >= 15 is 0 Å². The van der Waals surface area contributed by atoms with Gasteiger partial charge in [-0.25, -0.2) is 8.78 Å². The number of amides is 1. The van der Waals surface area contributed by atoms with E-state index in [-0.39, 0.29) is 16.6 Å². The fourth-order valence-corrected chi connectivity index (χ4v) is 3.71. The van der Waals surface area contributed by atoms with Crippen LogP contribution in [0.2, 0.25) is 0 Å². The number of hydrogen-bond donors (Lipinski definition) is 2. The number of carbonyl (C=O) groups is 1. The van der Waals surface area contributed by atoms with Gasteiger partial charge in [0.25, 0.3) is 5.91 Å². The number of H-pyrrole nitrogens is 1. The Morgan fingerprint density at radius 1 is 0.857 bits per heavy atom. The van der Waals surface area contributed by atoms with Crippen LogP contribution in [0.15, 0.2) is 84.9 Å². The Bertz CT molecular complexity index is 1480. The lowest BCUT2D eigenvalue weighted by Gasteiger charge is -2.10. The van der Waals surface area contributed by atoms with Crippen LogP contribution in [0.25, 0.3) is 22.2 Å². The summed E-state index contributed by atoms with van der Waals surface area (Å²) >= 11 is 0. The fourth-order valence-electron chi connectivity index (χ4n) is 3.71. The van der Waals surface area contributed by atoms with Crippen molar-refractivity contribution in [2.75, 3.05) is 5.32 Å². The van der Waals surface area contributed by atoms with E-state index in [4.69, 9.17) is 4.74 Å². The zero-order chi connectivity index (χ0) is 24.2. The normalized spacial score (nSPS) is 11.0. The van der Waals surface area contributed by atoms with E-state index in [1.54, 1.807) is 18.2 Å². The highest BCUT2D eigenvalue weighted by molar-refractivity contribution is 6.05. The van der Waals surface area contributed by atoms with Crippen LogP contribution in [0.5, 0.6) is 0 Å². The van der Waals surface area contributed by atoms with Crippen molar-refractivity contribution in [1.29, 1.82) is 0 Å². The van der Waals surface area contributed by atoms with Gasteiger partial charge in [-0.3, -0.25) is 4.79 Å². The largest absolute Gasteiger partial charge is 0.372 e. The van der Waals surface area contributed by atoms with E-state index in [9.17, 15) is 13.6 Å². The van der Waals surface area contributed by atoms with Crippen molar-refractivity contribution in [3.8, 4) is 11.1 Å². The Morgan fingerprint density at radius 3 is 2.37 bits per heavy atom. The minimum Gasteiger partial charge on any atom is -0.372 e. The molecule has 0 unspecified atom stereocenters. The molecule has 0 bridgehead atoms. The summed E-state index contributed by atoms with van der Waals surface area (Å²) in [5, 5.41) is 12.7. The molecular weight excluding hydrogens is 450 g/mol. The summed E-state index contributed by atoms with van der Waals surface area (Å²) in [5.41, 5.74) is 3.32. The van der Waals surface area contributed by atoms with Crippen LogP contribution >= 0.6 is 0 Å². The highest BCUT2D eigenvalue weighted by atomic mass is 19.1. The molecule has 4 aromatic carbocycles. The Kier molecular flexibility index (Phi) is 6.28. The number of hydrogen-bond acceptors (Lipinski definition) is 4. The summed E-state index contributed by atoms with van der Waals surface area (Å²) in [4.78, 5) is 12.8. The van der Waals surface area contributed by atoms with Gasteiger partial charge in [-0.05, 0) is 53.1 Å². The summed E-state index contributed by atoms with van der Waals surface area (Å²) in [6, 6.07) is 24.0. The SMILES string of the molecule is O=C(Nc1ccc(COCc2ccccc2)cc1)c1cc(-c2ccc3n[nH]nc3c2F)ccc1F. The third-order valence-corrected chi connectivity index (χ3v) is 5.54. The Labute approximate surface area is 199 Å². The van der Waals surface area contributed by atoms with Crippen molar-refractivity contribution in [2.24, 2.45) is 0 Å². The second kappa shape index (κ2) is 9.82. The zero-order valence-corrected chi connectivity index (χ0v) is 18.5. The first-order valence-corrected chi connectivity index (χ1v) is 10.9. The molecule has 0 saturated carbocycles. The molecule has 0 aliphatic rings. The van der Waals surface area contributed by atoms with E-state index < -0.39 is 17.5 Å². The van der Waals surface area contributed by atoms with Crippen LogP contribution in [0.3, 0.4) is 0 Å². The topological polar surface area (TPSA) is 79.9 Å². The van der Waals surface area contributed by atoms with Gasteiger partial charge < -0.3 is 10.1 Å². The molecule has 8 heteroatoms. The predicted octanol–water partition coefficient (Wildman–Crippen LogP) is 5.87. The van der Waals surface area contributed by atoms with Gasteiger partial charge in [0.2, 0.25) is 0 Å². The van der Waals surface area contributed by atoms with E-state index in [0.717, 1.165) is 17.2 Å². The quantitative estimate of drug-likeness (QED) is 0.312. The molecule has 5 rings (SSSR count). The van der Waals surface area contributed by atoms with Gasteiger partial charge in [-0.15, -0.1) is 0 Å². The van der Waals surface area contributed by atoms with Crippen LogP contribution < -0.4 is 5.32 Å². The molecule has 6 nitrogen and oxygen atoms in total. The fraction of sp³-hybridized carbons (Fsp3) is 0.0741. The highest BCUT2D eigenvalue weighted by Crippen LogP contribution is 2.29. The molecule has 2 N–H and O–H groups in total. The van der Waals surface area contributed by atoms with Gasteiger partial charge in [0.15, 0.2) is 5.82 Å². The number of nitrogens with one attached hydrogen (secondary N) is 2. The van der Waals surface area contributed by atoms with Crippen molar-refractivity contribution >= 4 is 22.6 Å². The number of fused-ring (bicyclic) bond motifs is 1. The molecule has 5 aromatic rings. The van der Waals surface area contributed by atoms with E-state index in [1.165, 1.54) is 18.2 Å². The van der Waals surface area contributed by atoms with Gasteiger partial charge in [-0.2, -0.15) is 15.4 Å². The second-order valence-electron chi connectivity index (χ2n) is 7.94. The summed E-state index contributed by atoms with van der Waals surface area (Å²) in [6.07, 6.45) is 0. The lowest BCUT2D eigenvalue weighted by Crippen LogP contribution is -2.14. The summed E-state index contributed by atoms with van der Waals surface area (Å²) < 4.78 is 35.1. The molecule has 1 aromatic heterocycles. The first-order valence-electron chi connectivity index (χ1n) is 10.9. The van der Waals surface area contributed by atoms with E-state index in [1.807, 2.05) is 42.5 Å². The predicted molar refractivity (Wildman–Crippen MR) is 129 cm³/mol. The second-order valence-corrected chi connectivity index (χ2v) is 7.94. The molecule has 0 atom stereocenters. The first kappa shape index (κ1) is 22.4. The number of rotatable bonds is 7. The van der Waals surface area contributed by atoms with Crippen LogP contribution in [0.4, 0.5) is 14.5 Å². The molecule has 0 aliphatic carbocycles. The average Bonchev–Trinajstić information content (AvgIpc) is 3.36. The molecule has 0 fully saturated rings. The van der Waals surface area contributed by atoms with Crippen molar-refractivity contribution in [1.82, 2.24) is 15.4 Å². The Morgan fingerprint density at radius 2 is 1.60 bits per heavy atom. The number of aromatic amines is 1. The maximum absolute atomic E-state index is 14.9. The van der Waals surface area contributed by atoms with Gasteiger partial charge >= 0.3 is 0 Å². The van der Waals surface area contributed by atoms with Crippen LogP contribution in [0.1, 0.15) is 21.5 Å². The summed E-state index contributed by atoms with van der Waals surface area (Å²) in [5.74, 6) is -1.94. The molecule has 0 saturated heterocycles. The monoisotopic (exact) mass is 470 g/mol. The number of carbonyl (C=O) groups excluding carboxylic acids is 1. The first-order chi connectivity index (χ1) is 17.1. The van der Waals surface area contributed by atoms with Gasteiger partial charge in [0.1, 0.15) is 16.9 Å². The van der Waals surface area contributed by atoms with Gasteiger partial charge in [0, 0.05) is 11.3 Å². The van der Waals surface area contributed by atoms with Crippen molar-refractivity contribution in [3.63, 3.8) is 0 Å². The third kappa shape index (κ3) is 4.92. The average molecular weight is 470 g/mol. The van der Waals surface area contributed by atoms with E-state index in [0.29, 0.717) is 30.0 Å². The maximum Gasteiger partial charge on any atom is 0.258 e. The lowest BCUT2D eigenvalue weighted by atomic mass is 10.0. The number of anilines is 1. The van der Waals surface area contributed by atoms with Gasteiger partial charge in [-0.1, -0.05) is 48.5 Å². The molecule has 174 valence electrons. The van der Waals surface area contributed by atoms with Crippen molar-refractivity contribution in [2.45, 2.75) is 13.2 Å². The number of aromatic nitrogens is 3. The van der Waals surface area contributed by atoms with E-state index in [2.05, 4.69) is 20.7 Å². The Hall–Kier alpha value is -4.43. The van der Waals surface area contributed by atoms with Crippen molar-refractivity contribution < 1.29 is 18.3 Å². The minimum atomic E-state index is -0.708. The molecule has 0 spiro atoms. The molecule has 1 amide bonds. The zero-order valence-electron chi connectivity index (χ0n) is 18.5.